The number of para-hydroxylation sites is 3. The molecule has 280 valence electrons. The van der Waals surface area contributed by atoms with Crippen molar-refractivity contribution < 1.29 is 8.83 Å². The second kappa shape index (κ2) is 12.7. The van der Waals surface area contributed by atoms with Crippen LogP contribution in [0.3, 0.4) is 0 Å². The Morgan fingerprint density at radius 1 is 0.610 bits per heavy atom. The van der Waals surface area contributed by atoms with Crippen LogP contribution >= 0.6 is 0 Å². The van der Waals surface area contributed by atoms with Gasteiger partial charge in [0.15, 0.2) is 0 Å². The predicted octanol–water partition coefficient (Wildman–Crippen LogP) is 14.6. The van der Waals surface area contributed by atoms with Crippen LogP contribution in [0.4, 0.5) is 11.4 Å². The van der Waals surface area contributed by atoms with Crippen molar-refractivity contribution in [2.24, 2.45) is 5.92 Å². The van der Waals surface area contributed by atoms with E-state index in [2.05, 4.69) is 181 Å². The molecular formula is C56H39NO2. The fourth-order valence-corrected chi connectivity index (χ4v) is 10.7. The highest BCUT2D eigenvalue weighted by molar-refractivity contribution is 6.09. The Labute approximate surface area is 342 Å². The third kappa shape index (κ3) is 4.94. The number of hydrogen-bond donors (Lipinski definition) is 0. The van der Waals surface area contributed by atoms with Crippen molar-refractivity contribution in [1.82, 2.24) is 0 Å². The minimum absolute atomic E-state index is 0.0941. The summed E-state index contributed by atoms with van der Waals surface area (Å²) in [6.45, 7) is 0. The van der Waals surface area contributed by atoms with Crippen LogP contribution in [0.5, 0.6) is 0 Å². The van der Waals surface area contributed by atoms with Gasteiger partial charge in [-0.15, -0.1) is 0 Å². The van der Waals surface area contributed by atoms with Crippen LogP contribution in [0.2, 0.25) is 0 Å². The molecule has 0 N–H and O–H groups in total. The fourth-order valence-electron chi connectivity index (χ4n) is 10.7. The summed E-state index contributed by atoms with van der Waals surface area (Å²) in [7, 11) is 0. The van der Waals surface area contributed by atoms with Gasteiger partial charge < -0.3 is 13.7 Å². The molecular weight excluding hydrogens is 719 g/mol. The molecule has 0 spiro atoms. The molecule has 3 unspecified atom stereocenters. The summed E-state index contributed by atoms with van der Waals surface area (Å²) in [5, 5.41) is 3.53. The smallest absolute Gasteiger partial charge is 0.143 e. The van der Waals surface area contributed by atoms with E-state index in [4.69, 9.17) is 8.83 Å². The predicted molar refractivity (Wildman–Crippen MR) is 244 cm³/mol. The van der Waals surface area contributed by atoms with E-state index in [9.17, 15) is 0 Å². The van der Waals surface area contributed by atoms with E-state index in [1.54, 1.807) is 0 Å². The Bertz CT molecular complexity index is 3280. The first kappa shape index (κ1) is 32.9. The first-order valence-corrected chi connectivity index (χ1v) is 21.0. The van der Waals surface area contributed by atoms with Crippen molar-refractivity contribution in [3.8, 4) is 11.1 Å². The van der Waals surface area contributed by atoms with E-state index >= 15 is 0 Å². The first-order valence-electron chi connectivity index (χ1n) is 21.0. The average molecular weight is 758 g/mol. The van der Waals surface area contributed by atoms with Gasteiger partial charge in [0.25, 0.3) is 0 Å². The van der Waals surface area contributed by atoms with E-state index in [1.165, 1.54) is 66.9 Å². The van der Waals surface area contributed by atoms with Crippen LogP contribution in [0.1, 0.15) is 57.9 Å². The van der Waals surface area contributed by atoms with Gasteiger partial charge >= 0.3 is 0 Å². The maximum absolute atomic E-state index is 6.62. The minimum Gasteiger partial charge on any atom is -0.456 e. The van der Waals surface area contributed by atoms with Gasteiger partial charge in [-0.2, -0.15) is 0 Å². The van der Waals surface area contributed by atoms with Crippen molar-refractivity contribution in [3.05, 3.63) is 215 Å². The molecule has 59 heavy (non-hydrogen) atoms. The molecule has 3 nitrogen and oxygen atoms in total. The Kier molecular flexibility index (Phi) is 7.09. The minimum atomic E-state index is 0.0941. The van der Waals surface area contributed by atoms with Gasteiger partial charge in [-0.3, -0.25) is 0 Å². The standard InChI is InChI=1S/C56H39NO2/c1-2-15-39-35(12-1)31-48(43-17-4-3-16-42(39)43)34-13-9-14-38(30-34)57-51-28-26-36(40-20-10-22-46-44-18-5-7-24-53(44)58-55(40)46)32-49(51)50-33-37(27-29-52(50)57)41-21-11-23-47-45-19-6-8-25-54(45)59-56(41)47/h1-5,7-11,13-18,20-33,35,49,51H,6,12,19H2. The number of fused-ring (bicyclic) bond motifs is 12. The Morgan fingerprint density at radius 2 is 1.42 bits per heavy atom. The van der Waals surface area contributed by atoms with Gasteiger partial charge in [0, 0.05) is 56.1 Å². The second-order valence-electron chi connectivity index (χ2n) is 16.6. The monoisotopic (exact) mass is 757 g/mol. The van der Waals surface area contributed by atoms with Crippen molar-refractivity contribution >= 4 is 67.1 Å². The van der Waals surface area contributed by atoms with Gasteiger partial charge in [0.05, 0.1) is 6.04 Å². The highest BCUT2D eigenvalue weighted by Crippen LogP contribution is 2.52. The molecule has 13 rings (SSSR count). The number of hydrogen-bond acceptors (Lipinski definition) is 3. The zero-order chi connectivity index (χ0) is 38.6. The summed E-state index contributed by atoms with van der Waals surface area (Å²) >= 11 is 0. The second-order valence-corrected chi connectivity index (χ2v) is 16.6. The maximum Gasteiger partial charge on any atom is 0.143 e. The molecule has 0 amide bonds. The molecule has 4 aliphatic carbocycles. The number of nitrogens with zero attached hydrogens (tertiary/aromatic N) is 1. The Hall–Kier alpha value is -7.10. The molecule has 6 aromatic carbocycles. The number of furan rings is 2. The van der Waals surface area contributed by atoms with Gasteiger partial charge in [-0.25, -0.2) is 0 Å². The van der Waals surface area contributed by atoms with Crippen molar-refractivity contribution in [3.63, 3.8) is 0 Å². The van der Waals surface area contributed by atoms with Crippen LogP contribution in [-0.4, -0.2) is 6.04 Å². The SMILES string of the molecule is C1=CCC2C=C(c3cccc(N4c5ccc(-c6cccc7c8c(oc67)C=CCC8)cc5C5C=C(c6cccc7c6oc6ccccc67)C=CC54)c3)c3ccccc3C2=C1. The zero-order valence-electron chi connectivity index (χ0n) is 32.4. The Balaban J connectivity index is 0.968. The molecule has 0 radical (unpaired) electrons. The van der Waals surface area contributed by atoms with E-state index < -0.39 is 0 Å². The van der Waals surface area contributed by atoms with E-state index in [1.807, 2.05) is 6.07 Å². The molecule has 3 heterocycles. The van der Waals surface area contributed by atoms with Crippen molar-refractivity contribution in [2.45, 2.75) is 31.2 Å². The topological polar surface area (TPSA) is 29.5 Å². The zero-order valence-corrected chi connectivity index (χ0v) is 32.4. The van der Waals surface area contributed by atoms with Crippen molar-refractivity contribution in [2.75, 3.05) is 4.90 Å². The molecule has 0 fully saturated rings. The fraction of sp³-hybridized carbons (Fsp3) is 0.107. The molecule has 1 aliphatic heterocycles. The first-order chi connectivity index (χ1) is 29.2. The number of anilines is 2. The number of allylic oxidation sites excluding steroid dienone is 8. The lowest BCUT2D eigenvalue weighted by molar-refractivity contribution is 0.596. The van der Waals surface area contributed by atoms with Crippen LogP contribution in [0.25, 0.3) is 66.8 Å². The lowest BCUT2D eigenvalue weighted by atomic mass is 9.76. The third-order valence-corrected chi connectivity index (χ3v) is 13.4. The third-order valence-electron chi connectivity index (χ3n) is 13.4. The van der Waals surface area contributed by atoms with Gasteiger partial charge in [0.2, 0.25) is 0 Å². The van der Waals surface area contributed by atoms with E-state index in [-0.39, 0.29) is 12.0 Å². The lowest BCUT2D eigenvalue weighted by Crippen LogP contribution is -2.29. The number of aryl methyl sites for hydroxylation is 1. The molecule has 2 aromatic heterocycles. The summed E-state index contributed by atoms with van der Waals surface area (Å²) in [5.41, 5.74) is 19.2. The number of rotatable bonds is 4. The van der Waals surface area contributed by atoms with Gasteiger partial charge in [-0.1, -0.05) is 146 Å². The highest BCUT2D eigenvalue weighted by atomic mass is 16.3. The maximum atomic E-state index is 6.62. The van der Waals surface area contributed by atoms with Crippen molar-refractivity contribution in [1.29, 1.82) is 0 Å². The van der Waals surface area contributed by atoms with Crippen LogP contribution < -0.4 is 4.90 Å². The van der Waals surface area contributed by atoms with Crippen LogP contribution in [0.15, 0.2) is 185 Å². The Morgan fingerprint density at radius 3 is 2.39 bits per heavy atom. The molecule has 5 aliphatic rings. The summed E-state index contributed by atoms with van der Waals surface area (Å²) < 4.78 is 13.2. The normalized spacial score (nSPS) is 19.9. The summed E-state index contributed by atoms with van der Waals surface area (Å²) in [4.78, 5) is 2.57. The lowest BCUT2D eigenvalue weighted by Gasteiger charge is -2.31. The largest absolute Gasteiger partial charge is 0.456 e. The molecule has 8 aromatic rings. The molecule has 3 heteroatoms. The van der Waals surface area contributed by atoms with Crippen LogP contribution in [-0.2, 0) is 6.42 Å². The molecule has 0 saturated carbocycles. The quantitative estimate of drug-likeness (QED) is 0.179. The van der Waals surface area contributed by atoms with E-state index in [0.717, 1.165) is 63.7 Å². The van der Waals surface area contributed by atoms with Crippen LogP contribution in [0, 0.1) is 5.92 Å². The highest BCUT2D eigenvalue weighted by Gasteiger charge is 2.39. The van der Waals surface area contributed by atoms with E-state index in [0.29, 0.717) is 5.92 Å². The van der Waals surface area contributed by atoms with Gasteiger partial charge in [-0.05, 0) is 100 Å². The average Bonchev–Trinajstić information content (AvgIpc) is 3.98. The molecule has 0 bridgehead atoms. The summed E-state index contributed by atoms with van der Waals surface area (Å²) in [6, 6.07) is 46.9. The van der Waals surface area contributed by atoms with Gasteiger partial charge in [0.1, 0.15) is 22.5 Å². The number of benzene rings is 6. The summed E-state index contributed by atoms with van der Waals surface area (Å²) in [5.74, 6) is 1.49. The molecule has 3 atom stereocenters. The summed E-state index contributed by atoms with van der Waals surface area (Å²) in [6.07, 6.45) is 24.0. The molecule has 0 saturated heterocycles.